The first kappa shape index (κ1) is 14.5. The van der Waals surface area contributed by atoms with E-state index in [0.717, 1.165) is 54.2 Å². The van der Waals surface area contributed by atoms with E-state index in [2.05, 4.69) is 31.9 Å². The fourth-order valence-corrected chi connectivity index (χ4v) is 3.18. The van der Waals surface area contributed by atoms with E-state index in [4.69, 9.17) is 10.7 Å². The van der Waals surface area contributed by atoms with Crippen molar-refractivity contribution in [2.24, 2.45) is 11.7 Å². The van der Waals surface area contributed by atoms with Crippen molar-refractivity contribution in [3.63, 3.8) is 0 Å². The molecule has 0 spiro atoms. The van der Waals surface area contributed by atoms with Gasteiger partial charge < -0.3 is 10.6 Å². The van der Waals surface area contributed by atoms with Gasteiger partial charge in [-0.1, -0.05) is 34.1 Å². The number of nitrogens with two attached hydrogens (primary N) is 1. The average Bonchev–Trinajstić information content (AvgIpc) is 2.55. The Labute approximate surface area is 133 Å². The molecule has 0 aliphatic carbocycles. The predicted molar refractivity (Wildman–Crippen MR) is 89.2 cm³/mol. The van der Waals surface area contributed by atoms with Gasteiger partial charge in [-0.25, -0.2) is 9.97 Å². The fourth-order valence-electron chi connectivity index (χ4n) is 2.69. The summed E-state index contributed by atoms with van der Waals surface area (Å²) in [6.07, 6.45) is 4.09. The van der Waals surface area contributed by atoms with Crippen molar-refractivity contribution < 1.29 is 0 Å². The molecule has 0 atom stereocenters. The zero-order valence-corrected chi connectivity index (χ0v) is 13.5. The van der Waals surface area contributed by atoms with Crippen LogP contribution in [0.25, 0.3) is 11.3 Å². The standard InChI is InChI=1S/C16H19BrN4/c17-14-4-2-1-3-13(14)15-5-8-19-16(20-15)21-9-6-12(11-18)7-10-21/h1-5,8,12H,6-7,9-11,18H2. The first-order valence-corrected chi connectivity index (χ1v) is 8.10. The number of hydrogen-bond donors (Lipinski definition) is 1. The van der Waals surface area contributed by atoms with Gasteiger partial charge in [-0.2, -0.15) is 0 Å². The molecule has 1 aromatic carbocycles. The van der Waals surface area contributed by atoms with Crippen LogP contribution in [-0.4, -0.2) is 29.6 Å². The smallest absolute Gasteiger partial charge is 0.225 e. The number of piperidine rings is 1. The molecule has 2 N–H and O–H groups in total. The van der Waals surface area contributed by atoms with E-state index in [0.29, 0.717) is 5.92 Å². The number of anilines is 1. The third-order valence-corrected chi connectivity index (χ3v) is 4.71. The zero-order chi connectivity index (χ0) is 14.7. The Morgan fingerprint density at radius 2 is 1.95 bits per heavy atom. The second-order valence-electron chi connectivity index (χ2n) is 5.39. The van der Waals surface area contributed by atoms with Crippen molar-refractivity contribution >= 4 is 21.9 Å². The second-order valence-corrected chi connectivity index (χ2v) is 6.24. The molecule has 3 rings (SSSR count). The van der Waals surface area contributed by atoms with E-state index in [1.807, 2.05) is 30.5 Å². The molecule has 0 amide bonds. The van der Waals surface area contributed by atoms with E-state index in [9.17, 15) is 0 Å². The normalized spacial score (nSPS) is 16.2. The SMILES string of the molecule is NCC1CCN(c2nccc(-c3ccccc3Br)n2)CC1. The van der Waals surface area contributed by atoms with E-state index in [-0.39, 0.29) is 0 Å². The van der Waals surface area contributed by atoms with Crippen LogP contribution in [0.4, 0.5) is 5.95 Å². The van der Waals surface area contributed by atoms with Crippen LogP contribution in [0.2, 0.25) is 0 Å². The van der Waals surface area contributed by atoms with Crippen LogP contribution >= 0.6 is 15.9 Å². The van der Waals surface area contributed by atoms with Crippen LogP contribution in [0.3, 0.4) is 0 Å². The summed E-state index contributed by atoms with van der Waals surface area (Å²) < 4.78 is 1.05. The Balaban J connectivity index is 1.83. The molecule has 2 aromatic rings. The van der Waals surface area contributed by atoms with Crippen LogP contribution in [0, 0.1) is 5.92 Å². The van der Waals surface area contributed by atoms with E-state index < -0.39 is 0 Å². The van der Waals surface area contributed by atoms with E-state index in [1.54, 1.807) is 0 Å². The Bertz CT molecular complexity index is 609. The number of aromatic nitrogens is 2. The molecule has 0 bridgehead atoms. The largest absolute Gasteiger partial charge is 0.341 e. The number of halogens is 1. The van der Waals surface area contributed by atoms with E-state index in [1.165, 1.54) is 0 Å². The van der Waals surface area contributed by atoms with Gasteiger partial charge in [0.05, 0.1) is 5.69 Å². The van der Waals surface area contributed by atoms with Gasteiger partial charge >= 0.3 is 0 Å². The lowest BCUT2D eigenvalue weighted by molar-refractivity contribution is 0.411. The molecular formula is C16H19BrN4. The van der Waals surface area contributed by atoms with Gasteiger partial charge in [0.15, 0.2) is 0 Å². The highest BCUT2D eigenvalue weighted by atomic mass is 79.9. The summed E-state index contributed by atoms with van der Waals surface area (Å²) >= 11 is 3.58. The fraction of sp³-hybridized carbons (Fsp3) is 0.375. The van der Waals surface area contributed by atoms with Crippen LogP contribution in [-0.2, 0) is 0 Å². The van der Waals surface area contributed by atoms with Crippen LogP contribution in [0.5, 0.6) is 0 Å². The first-order valence-electron chi connectivity index (χ1n) is 7.31. The maximum atomic E-state index is 5.75. The van der Waals surface area contributed by atoms with Gasteiger partial charge in [-0.15, -0.1) is 0 Å². The molecule has 5 heteroatoms. The summed E-state index contributed by atoms with van der Waals surface area (Å²) in [5.74, 6) is 1.46. The summed E-state index contributed by atoms with van der Waals surface area (Å²) in [5, 5.41) is 0. The van der Waals surface area contributed by atoms with Gasteiger partial charge in [0.25, 0.3) is 0 Å². The number of nitrogens with zero attached hydrogens (tertiary/aromatic N) is 3. The summed E-state index contributed by atoms with van der Waals surface area (Å²) in [4.78, 5) is 11.4. The molecule has 4 nitrogen and oxygen atoms in total. The summed E-state index contributed by atoms with van der Waals surface area (Å²) in [7, 11) is 0. The molecular weight excluding hydrogens is 328 g/mol. The monoisotopic (exact) mass is 346 g/mol. The van der Waals surface area contributed by atoms with Crippen molar-refractivity contribution in [2.45, 2.75) is 12.8 Å². The second kappa shape index (κ2) is 6.54. The van der Waals surface area contributed by atoms with Crippen LogP contribution < -0.4 is 10.6 Å². The minimum atomic E-state index is 0.646. The predicted octanol–water partition coefficient (Wildman–Crippen LogP) is 3.08. The molecule has 1 saturated heterocycles. The molecule has 0 unspecified atom stereocenters. The lowest BCUT2D eigenvalue weighted by atomic mass is 9.97. The van der Waals surface area contributed by atoms with Crippen molar-refractivity contribution in [3.8, 4) is 11.3 Å². The lowest BCUT2D eigenvalue weighted by Crippen LogP contribution is -2.37. The summed E-state index contributed by atoms with van der Waals surface area (Å²) in [6, 6.07) is 10.1. The number of rotatable bonds is 3. The van der Waals surface area contributed by atoms with Gasteiger partial charge in [0.1, 0.15) is 0 Å². The summed E-state index contributed by atoms with van der Waals surface area (Å²) in [5.41, 5.74) is 7.80. The molecule has 0 radical (unpaired) electrons. The highest BCUT2D eigenvalue weighted by Crippen LogP contribution is 2.28. The Kier molecular flexibility index (Phi) is 4.51. The van der Waals surface area contributed by atoms with Crippen molar-refractivity contribution in [2.75, 3.05) is 24.5 Å². The lowest BCUT2D eigenvalue weighted by Gasteiger charge is -2.31. The topological polar surface area (TPSA) is 55.0 Å². The molecule has 1 fully saturated rings. The Morgan fingerprint density at radius 3 is 2.67 bits per heavy atom. The van der Waals surface area contributed by atoms with Crippen molar-refractivity contribution in [1.29, 1.82) is 0 Å². The molecule has 1 aromatic heterocycles. The minimum absolute atomic E-state index is 0.646. The molecule has 2 heterocycles. The average molecular weight is 347 g/mol. The molecule has 0 saturated carbocycles. The molecule has 1 aliphatic rings. The maximum absolute atomic E-state index is 5.75. The number of benzene rings is 1. The summed E-state index contributed by atoms with van der Waals surface area (Å²) in [6.45, 7) is 2.76. The van der Waals surface area contributed by atoms with Crippen LogP contribution in [0.15, 0.2) is 41.0 Å². The first-order chi connectivity index (χ1) is 10.3. The van der Waals surface area contributed by atoms with Gasteiger partial charge in [-0.05, 0) is 37.4 Å². The molecule has 21 heavy (non-hydrogen) atoms. The Morgan fingerprint density at radius 1 is 1.19 bits per heavy atom. The minimum Gasteiger partial charge on any atom is -0.341 e. The maximum Gasteiger partial charge on any atom is 0.225 e. The third-order valence-electron chi connectivity index (χ3n) is 4.02. The third kappa shape index (κ3) is 3.24. The van der Waals surface area contributed by atoms with Gasteiger partial charge in [-0.3, -0.25) is 0 Å². The zero-order valence-electron chi connectivity index (χ0n) is 11.9. The Hall–Kier alpha value is -1.46. The molecule has 1 aliphatic heterocycles. The van der Waals surface area contributed by atoms with Crippen LogP contribution in [0.1, 0.15) is 12.8 Å². The van der Waals surface area contributed by atoms with Gasteiger partial charge in [0.2, 0.25) is 5.95 Å². The molecule has 110 valence electrons. The van der Waals surface area contributed by atoms with Crippen molar-refractivity contribution in [1.82, 2.24) is 9.97 Å². The highest BCUT2D eigenvalue weighted by molar-refractivity contribution is 9.10. The highest BCUT2D eigenvalue weighted by Gasteiger charge is 2.20. The van der Waals surface area contributed by atoms with Crippen molar-refractivity contribution in [3.05, 3.63) is 41.0 Å². The number of hydrogen-bond acceptors (Lipinski definition) is 4. The van der Waals surface area contributed by atoms with E-state index >= 15 is 0 Å². The van der Waals surface area contributed by atoms with Gasteiger partial charge in [0, 0.05) is 29.3 Å². The quantitative estimate of drug-likeness (QED) is 0.927.